The van der Waals surface area contributed by atoms with Crippen LogP contribution in [0.2, 0.25) is 5.15 Å². The molecule has 0 atom stereocenters. The van der Waals surface area contributed by atoms with Gasteiger partial charge < -0.3 is 11.1 Å². The van der Waals surface area contributed by atoms with Crippen LogP contribution in [0, 0.1) is 0 Å². The highest BCUT2D eigenvalue weighted by Crippen LogP contribution is 2.11. The second-order valence-corrected chi connectivity index (χ2v) is 4.74. The maximum absolute atomic E-state index is 11.8. The molecule has 1 aromatic rings. The van der Waals surface area contributed by atoms with Gasteiger partial charge in [0.25, 0.3) is 5.91 Å². The second kappa shape index (κ2) is 5.14. The molecule has 2 amide bonds. The molecule has 1 heterocycles. The maximum atomic E-state index is 11.8. The zero-order chi connectivity index (χ0) is 13.1. The Morgan fingerprint density at radius 3 is 2.71 bits per heavy atom. The smallest absolute Gasteiger partial charge is 0.251 e. The van der Waals surface area contributed by atoms with Crippen molar-refractivity contribution in [1.29, 1.82) is 0 Å². The summed E-state index contributed by atoms with van der Waals surface area (Å²) in [6.07, 6.45) is 1.51. The quantitative estimate of drug-likeness (QED) is 0.791. The van der Waals surface area contributed by atoms with Gasteiger partial charge in [-0.3, -0.25) is 9.59 Å². The lowest BCUT2D eigenvalue weighted by Gasteiger charge is -2.24. The highest BCUT2D eigenvalue weighted by Gasteiger charge is 2.23. The van der Waals surface area contributed by atoms with E-state index in [0.717, 1.165) is 0 Å². The lowest BCUT2D eigenvalue weighted by molar-refractivity contribution is -0.119. The fraction of sp³-hybridized carbons (Fsp3) is 0.364. The molecule has 0 aliphatic heterocycles. The Hall–Kier alpha value is -1.62. The second-order valence-electron chi connectivity index (χ2n) is 4.35. The van der Waals surface area contributed by atoms with Crippen LogP contribution < -0.4 is 11.1 Å². The van der Waals surface area contributed by atoms with Crippen LogP contribution >= 0.6 is 11.6 Å². The van der Waals surface area contributed by atoms with Crippen molar-refractivity contribution >= 4 is 23.4 Å². The van der Waals surface area contributed by atoms with Gasteiger partial charge in [0.15, 0.2) is 0 Å². The van der Waals surface area contributed by atoms with Crippen molar-refractivity contribution in [1.82, 2.24) is 10.3 Å². The van der Waals surface area contributed by atoms with Crippen LogP contribution in [0.4, 0.5) is 0 Å². The summed E-state index contributed by atoms with van der Waals surface area (Å²) in [5.74, 6) is -0.788. The number of primary amides is 1. The number of rotatable bonds is 4. The Morgan fingerprint density at radius 1 is 1.53 bits per heavy atom. The van der Waals surface area contributed by atoms with Crippen LogP contribution in [-0.4, -0.2) is 22.3 Å². The minimum Gasteiger partial charge on any atom is -0.370 e. The summed E-state index contributed by atoms with van der Waals surface area (Å²) in [5.41, 5.74) is 4.79. The number of nitrogens with two attached hydrogens (primary N) is 1. The first-order chi connectivity index (χ1) is 7.80. The largest absolute Gasteiger partial charge is 0.370 e. The van der Waals surface area contributed by atoms with Gasteiger partial charge in [-0.05, 0) is 26.0 Å². The number of pyridine rings is 1. The maximum Gasteiger partial charge on any atom is 0.251 e. The Bertz CT molecular complexity index is 446. The number of carbonyl (C=O) groups excluding carboxylic acids is 2. The molecule has 0 bridgehead atoms. The van der Waals surface area contributed by atoms with E-state index in [1.165, 1.54) is 12.3 Å². The number of hydrogen-bond donors (Lipinski definition) is 2. The SMILES string of the molecule is CC(C)(CC(N)=O)NC(=O)c1ccnc(Cl)c1. The van der Waals surface area contributed by atoms with Gasteiger partial charge in [0.1, 0.15) is 5.15 Å². The fourth-order valence-electron chi connectivity index (χ4n) is 1.40. The summed E-state index contributed by atoms with van der Waals surface area (Å²) < 4.78 is 0. The molecule has 17 heavy (non-hydrogen) atoms. The number of nitrogens with one attached hydrogen (secondary N) is 1. The van der Waals surface area contributed by atoms with Gasteiger partial charge >= 0.3 is 0 Å². The zero-order valence-electron chi connectivity index (χ0n) is 9.66. The van der Waals surface area contributed by atoms with E-state index in [4.69, 9.17) is 17.3 Å². The first-order valence-electron chi connectivity index (χ1n) is 5.02. The summed E-state index contributed by atoms with van der Waals surface area (Å²) >= 11 is 5.68. The van der Waals surface area contributed by atoms with Crippen molar-refractivity contribution in [3.63, 3.8) is 0 Å². The normalized spacial score (nSPS) is 11.0. The summed E-state index contributed by atoms with van der Waals surface area (Å²) in [6, 6.07) is 3.00. The molecule has 3 N–H and O–H groups in total. The molecule has 0 saturated heterocycles. The van der Waals surface area contributed by atoms with Crippen LogP contribution in [0.25, 0.3) is 0 Å². The van der Waals surface area contributed by atoms with Gasteiger partial charge in [0, 0.05) is 23.7 Å². The van der Waals surface area contributed by atoms with E-state index in [1.807, 2.05) is 0 Å². The van der Waals surface area contributed by atoms with Crippen molar-refractivity contribution in [2.45, 2.75) is 25.8 Å². The van der Waals surface area contributed by atoms with Crippen LogP contribution in [0.3, 0.4) is 0 Å². The first kappa shape index (κ1) is 13.4. The highest BCUT2D eigenvalue weighted by molar-refractivity contribution is 6.29. The number of amides is 2. The minimum atomic E-state index is -0.696. The molecule has 1 rings (SSSR count). The molecule has 0 aliphatic carbocycles. The Labute approximate surface area is 104 Å². The van der Waals surface area contributed by atoms with Crippen molar-refractivity contribution < 1.29 is 9.59 Å². The van der Waals surface area contributed by atoms with Crippen LogP contribution in [0.15, 0.2) is 18.3 Å². The van der Waals surface area contributed by atoms with Crippen molar-refractivity contribution in [3.8, 4) is 0 Å². The Kier molecular flexibility index (Phi) is 4.07. The summed E-state index contributed by atoms with van der Waals surface area (Å²) in [5, 5.41) is 2.95. The monoisotopic (exact) mass is 255 g/mol. The van der Waals surface area contributed by atoms with Gasteiger partial charge in [-0.2, -0.15) is 0 Å². The average Bonchev–Trinajstić information content (AvgIpc) is 2.14. The molecule has 0 aromatic carbocycles. The molecule has 6 heteroatoms. The topological polar surface area (TPSA) is 85.1 Å². The number of halogens is 1. The van der Waals surface area contributed by atoms with Crippen LogP contribution in [0.1, 0.15) is 30.6 Å². The molecule has 0 aliphatic rings. The third-order valence-corrected chi connectivity index (χ3v) is 2.26. The molecule has 0 fully saturated rings. The van der Waals surface area contributed by atoms with Crippen molar-refractivity contribution in [3.05, 3.63) is 29.0 Å². The zero-order valence-corrected chi connectivity index (χ0v) is 10.4. The molecular formula is C11H14ClN3O2. The molecule has 0 saturated carbocycles. The average molecular weight is 256 g/mol. The number of nitrogens with zero attached hydrogens (tertiary/aromatic N) is 1. The molecule has 92 valence electrons. The van der Waals surface area contributed by atoms with Gasteiger partial charge in [0.05, 0.1) is 0 Å². The fourth-order valence-corrected chi connectivity index (χ4v) is 1.58. The third kappa shape index (κ3) is 4.40. The Morgan fingerprint density at radius 2 is 2.18 bits per heavy atom. The lowest BCUT2D eigenvalue weighted by atomic mass is 10.00. The lowest BCUT2D eigenvalue weighted by Crippen LogP contribution is -2.46. The van der Waals surface area contributed by atoms with E-state index in [2.05, 4.69) is 10.3 Å². The molecule has 0 spiro atoms. The predicted molar refractivity (Wildman–Crippen MR) is 64.6 cm³/mol. The first-order valence-corrected chi connectivity index (χ1v) is 5.40. The molecule has 0 unspecified atom stereocenters. The van der Waals surface area contributed by atoms with Crippen molar-refractivity contribution in [2.24, 2.45) is 5.73 Å². The third-order valence-electron chi connectivity index (χ3n) is 2.06. The van der Waals surface area contributed by atoms with E-state index < -0.39 is 11.4 Å². The number of aromatic nitrogens is 1. The van der Waals surface area contributed by atoms with Gasteiger partial charge in [-0.1, -0.05) is 11.6 Å². The van der Waals surface area contributed by atoms with Gasteiger partial charge in [-0.25, -0.2) is 4.98 Å². The standard InChI is InChI=1S/C11H14ClN3O2/c1-11(2,6-9(13)16)15-10(17)7-3-4-14-8(12)5-7/h3-5H,6H2,1-2H3,(H2,13,16)(H,15,17). The molecular weight excluding hydrogens is 242 g/mol. The van der Waals surface area contributed by atoms with E-state index >= 15 is 0 Å². The molecule has 0 radical (unpaired) electrons. The van der Waals surface area contributed by atoms with Crippen molar-refractivity contribution in [2.75, 3.05) is 0 Å². The minimum absolute atomic E-state index is 0.0670. The van der Waals surface area contributed by atoms with E-state index in [-0.39, 0.29) is 17.5 Å². The summed E-state index contributed by atoms with van der Waals surface area (Å²) in [6.45, 7) is 3.44. The summed E-state index contributed by atoms with van der Waals surface area (Å²) in [7, 11) is 0. The molecule has 5 nitrogen and oxygen atoms in total. The molecule has 1 aromatic heterocycles. The van der Waals surface area contributed by atoms with E-state index in [9.17, 15) is 9.59 Å². The van der Waals surface area contributed by atoms with E-state index in [1.54, 1.807) is 19.9 Å². The van der Waals surface area contributed by atoms with Crippen LogP contribution in [-0.2, 0) is 4.79 Å². The highest BCUT2D eigenvalue weighted by atomic mass is 35.5. The number of carbonyl (C=O) groups is 2. The number of hydrogen-bond acceptors (Lipinski definition) is 3. The predicted octanol–water partition coefficient (Wildman–Crippen LogP) is 1.12. The van der Waals surface area contributed by atoms with Gasteiger partial charge in [-0.15, -0.1) is 0 Å². The Balaban J connectivity index is 2.75. The van der Waals surface area contributed by atoms with Crippen LogP contribution in [0.5, 0.6) is 0 Å². The van der Waals surface area contributed by atoms with E-state index in [0.29, 0.717) is 5.56 Å². The summed E-state index contributed by atoms with van der Waals surface area (Å²) in [4.78, 5) is 26.4. The van der Waals surface area contributed by atoms with Gasteiger partial charge in [0.2, 0.25) is 5.91 Å².